The molecule has 22 heavy (non-hydrogen) atoms. The maximum atomic E-state index is 12.2. The predicted octanol–water partition coefficient (Wildman–Crippen LogP) is 2.88. The van der Waals surface area contributed by atoms with E-state index in [4.69, 9.17) is 16.3 Å². The number of nitrogens with zero attached hydrogens (tertiary/aromatic N) is 1. The maximum Gasteiger partial charge on any atom is 0.225 e. The van der Waals surface area contributed by atoms with Gasteiger partial charge in [0.25, 0.3) is 0 Å². The van der Waals surface area contributed by atoms with E-state index in [2.05, 4.69) is 16.3 Å². The molecule has 1 aliphatic rings. The Bertz CT molecular complexity index is 508. The van der Waals surface area contributed by atoms with Crippen LogP contribution >= 0.6 is 11.6 Å². The molecule has 0 radical (unpaired) electrons. The molecule has 0 aliphatic carbocycles. The molecule has 1 aliphatic heterocycles. The van der Waals surface area contributed by atoms with Crippen LogP contribution in [0.25, 0.3) is 0 Å². The van der Waals surface area contributed by atoms with Crippen molar-refractivity contribution >= 4 is 17.5 Å². The number of benzene rings is 1. The maximum absolute atomic E-state index is 12.2. The number of hydrogen-bond acceptors (Lipinski definition) is 3. The monoisotopic (exact) mass is 324 g/mol. The van der Waals surface area contributed by atoms with Crippen molar-refractivity contribution in [1.82, 2.24) is 10.2 Å². The lowest BCUT2D eigenvalue weighted by atomic mass is 9.95. The highest BCUT2D eigenvalue weighted by molar-refractivity contribution is 6.30. The highest BCUT2D eigenvalue weighted by Gasteiger charge is 2.26. The molecule has 122 valence electrons. The van der Waals surface area contributed by atoms with Gasteiger partial charge in [0.2, 0.25) is 5.91 Å². The van der Waals surface area contributed by atoms with E-state index in [1.165, 1.54) is 0 Å². The Morgan fingerprint density at radius 3 is 2.64 bits per heavy atom. The lowest BCUT2D eigenvalue weighted by molar-refractivity contribution is -0.128. The first-order valence-electron chi connectivity index (χ1n) is 7.73. The summed E-state index contributed by atoms with van der Waals surface area (Å²) in [7, 11) is 0. The summed E-state index contributed by atoms with van der Waals surface area (Å²) in [5.74, 6) is 0.0628. The van der Waals surface area contributed by atoms with Crippen LogP contribution in [0.15, 0.2) is 24.3 Å². The van der Waals surface area contributed by atoms with Gasteiger partial charge in [0.1, 0.15) is 0 Å². The lowest BCUT2D eigenvalue weighted by Gasteiger charge is -2.35. The molecule has 1 fully saturated rings. The van der Waals surface area contributed by atoms with Crippen molar-refractivity contribution in [3.8, 4) is 0 Å². The lowest BCUT2D eigenvalue weighted by Crippen LogP contribution is -2.45. The SMILES string of the molecule is CC(C)(C)C(=O)NC[C@H](c1cccc(Cl)c1)N1CCOCC1. The molecule has 5 heteroatoms. The molecule has 1 aromatic rings. The Labute approximate surface area is 137 Å². The van der Waals surface area contributed by atoms with Gasteiger partial charge in [0.15, 0.2) is 0 Å². The number of rotatable bonds is 4. The van der Waals surface area contributed by atoms with E-state index in [1.807, 2.05) is 39.0 Å². The summed E-state index contributed by atoms with van der Waals surface area (Å²) < 4.78 is 5.43. The Morgan fingerprint density at radius 2 is 2.05 bits per heavy atom. The van der Waals surface area contributed by atoms with Gasteiger partial charge in [-0.1, -0.05) is 44.5 Å². The van der Waals surface area contributed by atoms with Crippen LogP contribution in [-0.4, -0.2) is 43.7 Å². The number of amides is 1. The molecule has 2 rings (SSSR count). The summed E-state index contributed by atoms with van der Waals surface area (Å²) in [5, 5.41) is 3.79. The summed E-state index contributed by atoms with van der Waals surface area (Å²) in [6.45, 7) is 9.53. The van der Waals surface area contributed by atoms with Gasteiger partial charge in [0.05, 0.1) is 19.3 Å². The van der Waals surface area contributed by atoms with Gasteiger partial charge in [-0.05, 0) is 17.7 Å². The van der Waals surface area contributed by atoms with E-state index in [1.54, 1.807) is 0 Å². The van der Waals surface area contributed by atoms with Crippen LogP contribution < -0.4 is 5.32 Å². The fourth-order valence-corrected chi connectivity index (χ4v) is 2.71. The Hall–Kier alpha value is -1.10. The molecule has 1 aromatic carbocycles. The minimum Gasteiger partial charge on any atom is -0.379 e. The molecule has 1 heterocycles. The summed E-state index contributed by atoms with van der Waals surface area (Å²) in [5.41, 5.74) is 0.743. The van der Waals surface area contributed by atoms with Gasteiger partial charge < -0.3 is 10.1 Å². The highest BCUT2D eigenvalue weighted by atomic mass is 35.5. The van der Waals surface area contributed by atoms with Crippen LogP contribution in [-0.2, 0) is 9.53 Å². The largest absolute Gasteiger partial charge is 0.379 e. The van der Waals surface area contributed by atoms with E-state index in [0.717, 1.165) is 36.9 Å². The van der Waals surface area contributed by atoms with E-state index in [0.29, 0.717) is 6.54 Å². The van der Waals surface area contributed by atoms with Crippen molar-refractivity contribution in [3.63, 3.8) is 0 Å². The first kappa shape index (κ1) is 17.3. The van der Waals surface area contributed by atoms with Gasteiger partial charge in [-0.3, -0.25) is 9.69 Å². The summed E-state index contributed by atoms with van der Waals surface area (Å²) in [6.07, 6.45) is 0. The van der Waals surface area contributed by atoms with E-state index >= 15 is 0 Å². The van der Waals surface area contributed by atoms with Gasteiger partial charge >= 0.3 is 0 Å². The zero-order valence-electron chi connectivity index (χ0n) is 13.6. The molecule has 1 saturated heterocycles. The quantitative estimate of drug-likeness (QED) is 0.926. The summed E-state index contributed by atoms with van der Waals surface area (Å²) >= 11 is 6.13. The summed E-state index contributed by atoms with van der Waals surface area (Å²) in [6, 6.07) is 7.99. The van der Waals surface area contributed by atoms with Crippen molar-refractivity contribution in [2.45, 2.75) is 26.8 Å². The van der Waals surface area contributed by atoms with Crippen LogP contribution in [0.2, 0.25) is 5.02 Å². The predicted molar refractivity (Wildman–Crippen MR) is 89.0 cm³/mol. The molecule has 1 amide bonds. The number of ether oxygens (including phenoxy) is 1. The van der Waals surface area contributed by atoms with Gasteiger partial charge in [-0.15, -0.1) is 0 Å². The van der Waals surface area contributed by atoms with Crippen LogP contribution in [0, 0.1) is 5.41 Å². The Balaban J connectivity index is 2.13. The molecule has 0 saturated carbocycles. The first-order valence-corrected chi connectivity index (χ1v) is 8.11. The van der Waals surface area contributed by atoms with Crippen molar-refractivity contribution in [3.05, 3.63) is 34.9 Å². The molecule has 0 bridgehead atoms. The van der Waals surface area contributed by atoms with Crippen LogP contribution in [0.3, 0.4) is 0 Å². The van der Waals surface area contributed by atoms with Crippen LogP contribution in [0.5, 0.6) is 0 Å². The number of morpholine rings is 1. The Kier molecular flexibility index (Phi) is 5.84. The fourth-order valence-electron chi connectivity index (χ4n) is 2.52. The number of hydrogen-bond donors (Lipinski definition) is 1. The molecule has 4 nitrogen and oxygen atoms in total. The average Bonchev–Trinajstić information content (AvgIpc) is 2.47. The third-order valence-corrected chi connectivity index (χ3v) is 4.09. The van der Waals surface area contributed by atoms with Gasteiger partial charge in [-0.2, -0.15) is 0 Å². The summed E-state index contributed by atoms with van der Waals surface area (Å²) in [4.78, 5) is 14.5. The second-order valence-corrected chi connectivity index (χ2v) is 7.12. The number of halogens is 1. The van der Waals surface area contributed by atoms with E-state index in [-0.39, 0.29) is 17.4 Å². The standard InChI is InChI=1S/C17H25ClN2O2/c1-17(2,3)16(21)19-12-15(20-7-9-22-10-8-20)13-5-4-6-14(18)11-13/h4-6,11,15H,7-10,12H2,1-3H3,(H,19,21)/t15-/m1/s1. The first-order chi connectivity index (χ1) is 10.4. The average molecular weight is 325 g/mol. The smallest absolute Gasteiger partial charge is 0.225 e. The Morgan fingerprint density at radius 1 is 1.36 bits per heavy atom. The molecular formula is C17H25ClN2O2. The van der Waals surface area contributed by atoms with Crippen molar-refractivity contribution in [2.75, 3.05) is 32.8 Å². The molecule has 0 unspecified atom stereocenters. The second-order valence-electron chi connectivity index (χ2n) is 6.68. The van der Waals surface area contributed by atoms with Gasteiger partial charge in [-0.25, -0.2) is 0 Å². The minimum absolute atomic E-state index is 0.0628. The minimum atomic E-state index is -0.385. The number of nitrogens with one attached hydrogen (secondary N) is 1. The van der Waals surface area contributed by atoms with E-state index < -0.39 is 0 Å². The highest BCUT2D eigenvalue weighted by Crippen LogP contribution is 2.24. The molecule has 0 spiro atoms. The molecule has 0 aromatic heterocycles. The third kappa shape index (κ3) is 4.70. The van der Waals surface area contributed by atoms with Gasteiger partial charge in [0, 0.05) is 30.1 Å². The third-order valence-electron chi connectivity index (χ3n) is 3.86. The van der Waals surface area contributed by atoms with E-state index in [9.17, 15) is 4.79 Å². The topological polar surface area (TPSA) is 41.6 Å². The zero-order valence-corrected chi connectivity index (χ0v) is 14.3. The van der Waals surface area contributed by atoms with Crippen LogP contribution in [0.4, 0.5) is 0 Å². The normalized spacial score (nSPS) is 18.0. The molecule has 1 N–H and O–H groups in total. The zero-order chi connectivity index (χ0) is 16.2. The van der Waals surface area contributed by atoms with Crippen molar-refractivity contribution in [1.29, 1.82) is 0 Å². The van der Waals surface area contributed by atoms with Crippen molar-refractivity contribution < 1.29 is 9.53 Å². The fraction of sp³-hybridized carbons (Fsp3) is 0.588. The molecule has 1 atom stereocenters. The number of carbonyl (C=O) groups is 1. The second kappa shape index (κ2) is 7.44. The van der Waals surface area contributed by atoms with Crippen molar-refractivity contribution in [2.24, 2.45) is 5.41 Å². The molecular weight excluding hydrogens is 300 g/mol. The van der Waals surface area contributed by atoms with Crippen LogP contribution in [0.1, 0.15) is 32.4 Å². The number of carbonyl (C=O) groups excluding carboxylic acids is 1.